The molecule has 0 aliphatic carbocycles. The minimum atomic E-state index is -0.673. The van der Waals surface area contributed by atoms with Crippen LogP contribution in [0.2, 0.25) is 0 Å². The number of likely N-dealkylation sites (tertiary alicyclic amines) is 1. The quantitative estimate of drug-likeness (QED) is 0.757. The third-order valence-corrected chi connectivity index (χ3v) is 5.52. The van der Waals surface area contributed by atoms with E-state index >= 15 is 0 Å². The molecule has 2 amide bonds. The molecule has 6 nitrogen and oxygen atoms in total. The highest BCUT2D eigenvalue weighted by atomic mass is 32.1. The van der Waals surface area contributed by atoms with Crippen molar-refractivity contribution in [3.63, 3.8) is 0 Å². The van der Waals surface area contributed by atoms with Crippen LogP contribution in [-0.2, 0) is 20.7 Å². The largest absolute Gasteiger partial charge is 0.461 e. The van der Waals surface area contributed by atoms with Crippen LogP contribution in [0.15, 0.2) is 47.8 Å². The summed E-state index contributed by atoms with van der Waals surface area (Å²) in [5.74, 6) is -0.741. The van der Waals surface area contributed by atoms with Crippen LogP contribution in [0.3, 0.4) is 0 Å². The molecule has 0 spiro atoms. The molecular weight excluding hydrogens is 376 g/mol. The Hall–Kier alpha value is -2.67. The molecule has 1 saturated heterocycles. The van der Waals surface area contributed by atoms with Crippen molar-refractivity contribution in [1.29, 1.82) is 0 Å². The number of benzene rings is 1. The molecule has 148 valence electrons. The van der Waals surface area contributed by atoms with Crippen molar-refractivity contribution in [2.75, 3.05) is 13.1 Å². The van der Waals surface area contributed by atoms with Crippen LogP contribution in [0.4, 0.5) is 0 Å². The summed E-state index contributed by atoms with van der Waals surface area (Å²) in [7, 11) is 0. The smallest absolute Gasteiger partial charge is 0.302 e. The molecule has 2 unspecified atom stereocenters. The number of piperidine rings is 1. The average Bonchev–Trinajstić information content (AvgIpc) is 3.22. The van der Waals surface area contributed by atoms with E-state index in [0.29, 0.717) is 24.4 Å². The zero-order chi connectivity index (χ0) is 19.9. The summed E-state index contributed by atoms with van der Waals surface area (Å²) in [6, 6.07) is 12.5. The number of carbonyl (C=O) groups excluding carboxylic acids is 3. The van der Waals surface area contributed by atoms with E-state index in [1.807, 2.05) is 41.8 Å². The predicted molar refractivity (Wildman–Crippen MR) is 107 cm³/mol. The normalized spacial score (nSPS) is 17.6. The van der Waals surface area contributed by atoms with Gasteiger partial charge in [0, 0.05) is 19.9 Å². The first-order chi connectivity index (χ1) is 13.5. The second-order valence-electron chi connectivity index (χ2n) is 6.85. The standard InChI is InChI=1S/C21H24N2O4S/c1-15(24)27-17-9-5-11-23(14-17)21(26)18(13-16-7-3-2-4-8-16)22-20(25)19-10-6-12-28-19/h2-4,6-8,10,12,17-18H,5,9,11,13-14H2,1H3,(H,22,25). The first kappa shape index (κ1) is 20.1. The Morgan fingerprint density at radius 2 is 2.00 bits per heavy atom. The highest BCUT2D eigenvalue weighted by Crippen LogP contribution is 2.17. The summed E-state index contributed by atoms with van der Waals surface area (Å²) in [6.07, 6.45) is 1.63. The molecule has 0 bridgehead atoms. The molecule has 1 aromatic heterocycles. The van der Waals surface area contributed by atoms with Gasteiger partial charge in [0.1, 0.15) is 12.1 Å². The lowest BCUT2D eigenvalue weighted by molar-refractivity contribution is -0.152. The fourth-order valence-electron chi connectivity index (χ4n) is 3.38. The van der Waals surface area contributed by atoms with Gasteiger partial charge < -0.3 is 15.0 Å². The summed E-state index contributed by atoms with van der Waals surface area (Å²) in [5.41, 5.74) is 0.973. The fourth-order valence-corrected chi connectivity index (χ4v) is 4.00. The summed E-state index contributed by atoms with van der Waals surface area (Å²) in [4.78, 5) is 39.3. The molecule has 2 aromatic rings. The number of hydrogen-bond acceptors (Lipinski definition) is 5. The maximum absolute atomic E-state index is 13.2. The van der Waals surface area contributed by atoms with Gasteiger partial charge in [-0.2, -0.15) is 0 Å². The number of esters is 1. The predicted octanol–water partition coefficient (Wildman–Crippen LogP) is 2.64. The maximum Gasteiger partial charge on any atom is 0.302 e. The number of hydrogen-bond donors (Lipinski definition) is 1. The molecule has 1 aliphatic heterocycles. The number of carbonyl (C=O) groups is 3. The lowest BCUT2D eigenvalue weighted by Crippen LogP contribution is -2.53. The van der Waals surface area contributed by atoms with Crippen LogP contribution in [0.5, 0.6) is 0 Å². The monoisotopic (exact) mass is 400 g/mol. The van der Waals surface area contributed by atoms with Crippen LogP contribution in [0.1, 0.15) is 35.0 Å². The van der Waals surface area contributed by atoms with Crippen molar-refractivity contribution in [3.05, 3.63) is 58.3 Å². The maximum atomic E-state index is 13.2. The highest BCUT2D eigenvalue weighted by molar-refractivity contribution is 7.12. The highest BCUT2D eigenvalue weighted by Gasteiger charge is 2.31. The molecule has 0 saturated carbocycles. The van der Waals surface area contributed by atoms with Crippen molar-refractivity contribution in [1.82, 2.24) is 10.2 Å². The minimum Gasteiger partial charge on any atom is -0.461 e. The van der Waals surface area contributed by atoms with Crippen molar-refractivity contribution < 1.29 is 19.1 Å². The van der Waals surface area contributed by atoms with Crippen LogP contribution in [0.25, 0.3) is 0 Å². The Morgan fingerprint density at radius 3 is 2.68 bits per heavy atom. The third-order valence-electron chi connectivity index (χ3n) is 4.65. The van der Waals surface area contributed by atoms with E-state index in [4.69, 9.17) is 4.74 Å². The third kappa shape index (κ3) is 5.42. The molecule has 1 fully saturated rings. The van der Waals surface area contributed by atoms with E-state index in [0.717, 1.165) is 18.4 Å². The van der Waals surface area contributed by atoms with Crippen LogP contribution >= 0.6 is 11.3 Å². The van der Waals surface area contributed by atoms with E-state index in [2.05, 4.69) is 5.32 Å². The Balaban J connectivity index is 1.73. The fraction of sp³-hybridized carbons (Fsp3) is 0.381. The van der Waals surface area contributed by atoms with Crippen LogP contribution in [-0.4, -0.2) is 47.9 Å². The molecular formula is C21H24N2O4S. The van der Waals surface area contributed by atoms with Crippen molar-refractivity contribution in [2.24, 2.45) is 0 Å². The lowest BCUT2D eigenvalue weighted by Gasteiger charge is -2.34. The Kier molecular flexibility index (Phi) is 6.81. The number of nitrogens with one attached hydrogen (secondary N) is 1. The van der Waals surface area contributed by atoms with Crippen molar-refractivity contribution in [3.8, 4) is 0 Å². The second kappa shape index (κ2) is 9.50. The van der Waals surface area contributed by atoms with Crippen molar-refractivity contribution in [2.45, 2.75) is 38.3 Å². The van der Waals surface area contributed by atoms with Gasteiger partial charge >= 0.3 is 5.97 Å². The van der Waals surface area contributed by atoms with Gasteiger partial charge in [-0.25, -0.2) is 0 Å². The Labute approximate surface area is 168 Å². The van der Waals surface area contributed by atoms with Gasteiger partial charge in [-0.1, -0.05) is 36.4 Å². The molecule has 1 aliphatic rings. The summed E-state index contributed by atoms with van der Waals surface area (Å²) >= 11 is 1.34. The van der Waals surface area contributed by atoms with Gasteiger partial charge in [0.2, 0.25) is 5.91 Å². The Bertz CT molecular complexity index is 807. The first-order valence-electron chi connectivity index (χ1n) is 9.37. The minimum absolute atomic E-state index is 0.148. The van der Waals surface area contributed by atoms with Gasteiger partial charge in [-0.15, -0.1) is 11.3 Å². The summed E-state index contributed by atoms with van der Waals surface area (Å²) in [5, 5.41) is 4.72. The number of amides is 2. The van der Waals surface area contributed by atoms with Gasteiger partial charge in [0.15, 0.2) is 0 Å². The molecule has 7 heteroatoms. The van der Waals surface area contributed by atoms with Crippen LogP contribution < -0.4 is 5.32 Å². The molecule has 0 radical (unpaired) electrons. The van der Waals surface area contributed by atoms with E-state index < -0.39 is 6.04 Å². The van der Waals surface area contributed by atoms with Gasteiger partial charge in [-0.3, -0.25) is 14.4 Å². The SMILES string of the molecule is CC(=O)OC1CCCN(C(=O)C(Cc2ccccc2)NC(=O)c2cccs2)C1. The summed E-state index contributed by atoms with van der Waals surface area (Å²) in [6.45, 7) is 2.33. The number of nitrogens with zero attached hydrogens (tertiary/aromatic N) is 1. The first-order valence-corrected chi connectivity index (χ1v) is 10.2. The van der Waals surface area contributed by atoms with Crippen LogP contribution in [0, 0.1) is 0 Å². The van der Waals surface area contributed by atoms with E-state index in [1.165, 1.54) is 18.3 Å². The van der Waals surface area contributed by atoms with Gasteiger partial charge in [0.25, 0.3) is 5.91 Å². The van der Waals surface area contributed by atoms with Gasteiger partial charge in [-0.05, 0) is 29.9 Å². The zero-order valence-electron chi connectivity index (χ0n) is 15.8. The molecule has 2 heterocycles. The molecule has 1 N–H and O–H groups in total. The van der Waals surface area contributed by atoms with Gasteiger partial charge in [0.05, 0.1) is 11.4 Å². The molecule has 2 atom stereocenters. The lowest BCUT2D eigenvalue weighted by atomic mass is 10.0. The molecule has 3 rings (SSSR count). The summed E-state index contributed by atoms with van der Waals surface area (Å²) < 4.78 is 5.29. The topological polar surface area (TPSA) is 75.7 Å². The van der Waals surface area contributed by atoms with E-state index in [1.54, 1.807) is 11.0 Å². The average molecular weight is 401 g/mol. The Morgan fingerprint density at radius 1 is 1.21 bits per heavy atom. The van der Waals surface area contributed by atoms with E-state index in [-0.39, 0.29) is 23.9 Å². The molecule has 28 heavy (non-hydrogen) atoms. The molecule has 1 aromatic carbocycles. The number of ether oxygens (including phenoxy) is 1. The number of rotatable bonds is 6. The number of thiophene rings is 1. The van der Waals surface area contributed by atoms with Crippen molar-refractivity contribution >= 4 is 29.1 Å². The van der Waals surface area contributed by atoms with E-state index in [9.17, 15) is 14.4 Å². The zero-order valence-corrected chi connectivity index (χ0v) is 16.6. The second-order valence-corrected chi connectivity index (χ2v) is 7.80.